The smallest absolute Gasteiger partial charge is 0.411 e. The molecule has 1 aliphatic rings. The second-order valence-electron chi connectivity index (χ2n) is 10.2. The summed E-state index contributed by atoms with van der Waals surface area (Å²) >= 11 is 0. The van der Waals surface area contributed by atoms with Crippen molar-refractivity contribution < 1.29 is 14.0 Å². The monoisotopic (exact) mass is 466 g/mol. The highest BCUT2D eigenvalue weighted by Crippen LogP contribution is 2.28. The zero-order valence-electron chi connectivity index (χ0n) is 21.5. The molecule has 2 aromatic carbocycles. The van der Waals surface area contributed by atoms with Gasteiger partial charge in [0.15, 0.2) is 0 Å². The van der Waals surface area contributed by atoms with Crippen LogP contribution in [0.5, 0.6) is 0 Å². The number of carbonyl (C=O) groups is 1. The van der Waals surface area contributed by atoms with Crippen LogP contribution >= 0.6 is 0 Å². The van der Waals surface area contributed by atoms with Crippen molar-refractivity contribution >= 4 is 11.8 Å². The number of rotatable bonds is 12. The number of benzene rings is 2. The number of unbranched alkanes of at least 4 members (excludes halogenated alkanes) is 4. The molecular formula is C29H44N3O2+. The molecule has 0 bridgehead atoms. The normalized spacial score (nSPS) is 15.3. The maximum absolute atomic E-state index is 12.6. The number of hydrogen-bond donors (Lipinski definition) is 1. The summed E-state index contributed by atoms with van der Waals surface area (Å²) in [5.41, 5.74) is 2.87. The fraction of sp³-hybridized carbons (Fsp3) is 0.552. The zero-order valence-corrected chi connectivity index (χ0v) is 21.5. The molecule has 0 spiro atoms. The van der Waals surface area contributed by atoms with E-state index in [1.165, 1.54) is 51.7 Å². The van der Waals surface area contributed by atoms with Gasteiger partial charge in [-0.05, 0) is 57.2 Å². The van der Waals surface area contributed by atoms with Crippen molar-refractivity contribution in [1.82, 2.24) is 4.90 Å². The predicted molar refractivity (Wildman–Crippen MR) is 142 cm³/mol. The number of nitrogens with zero attached hydrogens (tertiary/aromatic N) is 2. The molecular weight excluding hydrogens is 422 g/mol. The lowest BCUT2D eigenvalue weighted by molar-refractivity contribution is -0.888. The van der Waals surface area contributed by atoms with Crippen molar-refractivity contribution in [2.45, 2.75) is 58.0 Å². The van der Waals surface area contributed by atoms with E-state index in [4.69, 9.17) is 4.74 Å². The summed E-state index contributed by atoms with van der Waals surface area (Å²) < 4.78 is 6.90. The molecule has 2 aromatic rings. The minimum absolute atomic E-state index is 0.000169. The molecule has 1 amide bonds. The van der Waals surface area contributed by atoms with Gasteiger partial charge in [0, 0.05) is 18.7 Å². The Kier molecular flexibility index (Phi) is 10.4. The number of ether oxygens (including phenoxy) is 1. The topological polar surface area (TPSA) is 41.6 Å². The van der Waals surface area contributed by atoms with Crippen molar-refractivity contribution in [1.29, 1.82) is 0 Å². The van der Waals surface area contributed by atoms with Gasteiger partial charge in [-0.25, -0.2) is 4.79 Å². The minimum atomic E-state index is -0.355. The van der Waals surface area contributed by atoms with Gasteiger partial charge < -0.3 is 14.1 Å². The van der Waals surface area contributed by atoms with Gasteiger partial charge >= 0.3 is 6.09 Å². The molecule has 186 valence electrons. The number of quaternary nitrogens is 1. The maximum atomic E-state index is 12.6. The molecule has 34 heavy (non-hydrogen) atoms. The van der Waals surface area contributed by atoms with Gasteiger partial charge in [-0.15, -0.1) is 0 Å². The Bertz CT molecular complexity index is 861. The second-order valence-corrected chi connectivity index (χ2v) is 10.2. The molecule has 0 radical (unpaired) electrons. The first-order valence-corrected chi connectivity index (χ1v) is 13.1. The Hall–Kier alpha value is -2.37. The van der Waals surface area contributed by atoms with Crippen LogP contribution in [0.1, 0.15) is 51.9 Å². The van der Waals surface area contributed by atoms with Crippen LogP contribution in [-0.2, 0) is 4.74 Å². The number of nitrogens with one attached hydrogen (secondary N) is 1. The van der Waals surface area contributed by atoms with Gasteiger partial charge in [-0.2, -0.15) is 0 Å². The summed E-state index contributed by atoms with van der Waals surface area (Å²) in [7, 11) is 4.64. The molecule has 5 heteroatoms. The summed E-state index contributed by atoms with van der Waals surface area (Å²) in [5.74, 6) is 0. The van der Waals surface area contributed by atoms with Crippen molar-refractivity contribution in [2.75, 3.05) is 52.1 Å². The van der Waals surface area contributed by atoms with Gasteiger partial charge in [0.2, 0.25) is 0 Å². The average Bonchev–Trinajstić information content (AvgIpc) is 2.85. The zero-order chi connectivity index (χ0) is 24.2. The van der Waals surface area contributed by atoms with E-state index in [-0.39, 0.29) is 12.2 Å². The number of amides is 1. The number of anilines is 1. The Morgan fingerprint density at radius 1 is 0.941 bits per heavy atom. The predicted octanol–water partition coefficient (Wildman–Crippen LogP) is 6.41. The minimum Gasteiger partial charge on any atom is -0.446 e. The molecule has 0 aliphatic carbocycles. The summed E-state index contributed by atoms with van der Waals surface area (Å²) in [6, 6.07) is 18.0. The first-order chi connectivity index (χ1) is 16.5. The Morgan fingerprint density at radius 3 is 2.32 bits per heavy atom. The van der Waals surface area contributed by atoms with Crippen LogP contribution in [-0.4, -0.2) is 68.4 Å². The van der Waals surface area contributed by atoms with Crippen LogP contribution < -0.4 is 5.32 Å². The lowest BCUT2D eigenvalue weighted by Crippen LogP contribution is -2.39. The third-order valence-corrected chi connectivity index (χ3v) is 7.15. The van der Waals surface area contributed by atoms with Gasteiger partial charge in [-0.1, -0.05) is 61.4 Å². The number of para-hydroxylation sites is 1. The van der Waals surface area contributed by atoms with E-state index in [1.807, 2.05) is 54.6 Å². The number of likely N-dealkylation sites (tertiary alicyclic amines) is 1. The van der Waals surface area contributed by atoms with E-state index in [9.17, 15) is 4.79 Å². The number of carbonyl (C=O) groups excluding carboxylic acids is 1. The van der Waals surface area contributed by atoms with Crippen LogP contribution in [0.4, 0.5) is 10.5 Å². The molecule has 5 nitrogen and oxygen atoms in total. The van der Waals surface area contributed by atoms with Crippen molar-refractivity contribution in [2.24, 2.45) is 0 Å². The van der Waals surface area contributed by atoms with Gasteiger partial charge in [0.05, 0.1) is 32.9 Å². The Morgan fingerprint density at radius 2 is 1.59 bits per heavy atom. The molecule has 1 fully saturated rings. The van der Waals surface area contributed by atoms with E-state index in [1.54, 1.807) is 0 Å². The largest absolute Gasteiger partial charge is 0.446 e. The molecule has 1 aliphatic heterocycles. The number of piperidine rings is 1. The molecule has 1 heterocycles. The van der Waals surface area contributed by atoms with Crippen LogP contribution in [0, 0.1) is 0 Å². The standard InChI is InChI=1S/C29H43N3O2/c1-4-32(2,3)24-14-7-5-6-13-21-31-22-19-26(20-23-31)34-29(33)30-28-18-12-11-17-27(28)25-15-9-8-10-16-25/h8-12,15-18,26H,4-7,13-14,19-24H2,1-3H3/p+1. The van der Waals surface area contributed by atoms with Crippen LogP contribution in [0.2, 0.25) is 0 Å². The van der Waals surface area contributed by atoms with Gasteiger partial charge in [0.25, 0.3) is 0 Å². The van der Waals surface area contributed by atoms with Crippen LogP contribution in [0.15, 0.2) is 54.6 Å². The quantitative estimate of drug-likeness (QED) is 0.290. The third kappa shape index (κ3) is 8.77. The molecule has 0 aromatic heterocycles. The van der Waals surface area contributed by atoms with Crippen LogP contribution in [0.25, 0.3) is 11.1 Å². The lowest BCUT2D eigenvalue weighted by Gasteiger charge is -2.31. The van der Waals surface area contributed by atoms with Crippen molar-refractivity contribution in [3.8, 4) is 11.1 Å². The average molecular weight is 467 g/mol. The van der Waals surface area contributed by atoms with Gasteiger partial charge in [0.1, 0.15) is 6.10 Å². The van der Waals surface area contributed by atoms with Gasteiger partial charge in [-0.3, -0.25) is 5.32 Å². The summed E-state index contributed by atoms with van der Waals surface area (Å²) in [6.07, 6.45) is 8.09. The van der Waals surface area contributed by atoms with Crippen molar-refractivity contribution in [3.05, 3.63) is 54.6 Å². The van der Waals surface area contributed by atoms with E-state index < -0.39 is 0 Å². The summed E-state index contributed by atoms with van der Waals surface area (Å²) in [6.45, 7) is 7.96. The van der Waals surface area contributed by atoms with E-state index in [0.29, 0.717) is 0 Å². The fourth-order valence-electron chi connectivity index (χ4n) is 4.57. The second kappa shape index (κ2) is 13.5. The Balaban J connectivity index is 1.31. The first kappa shape index (κ1) is 26.2. The van der Waals surface area contributed by atoms with E-state index in [2.05, 4.69) is 31.2 Å². The fourth-order valence-corrected chi connectivity index (χ4v) is 4.57. The molecule has 3 rings (SSSR count). The highest BCUT2D eigenvalue weighted by molar-refractivity contribution is 5.91. The summed E-state index contributed by atoms with van der Waals surface area (Å²) in [5, 5.41) is 2.96. The SMILES string of the molecule is CC[N+](C)(C)CCCCCCCN1CCC(OC(=O)Nc2ccccc2-c2ccccc2)CC1. The highest BCUT2D eigenvalue weighted by atomic mass is 16.6. The first-order valence-electron chi connectivity index (χ1n) is 13.1. The van der Waals surface area contributed by atoms with E-state index >= 15 is 0 Å². The maximum Gasteiger partial charge on any atom is 0.411 e. The highest BCUT2D eigenvalue weighted by Gasteiger charge is 2.22. The summed E-state index contributed by atoms with van der Waals surface area (Å²) in [4.78, 5) is 15.1. The molecule has 0 unspecified atom stereocenters. The molecule has 0 atom stereocenters. The lowest BCUT2D eigenvalue weighted by atomic mass is 10.0. The molecule has 0 saturated carbocycles. The van der Waals surface area contributed by atoms with E-state index in [0.717, 1.165) is 47.2 Å². The number of hydrogen-bond acceptors (Lipinski definition) is 3. The molecule has 1 saturated heterocycles. The third-order valence-electron chi connectivity index (χ3n) is 7.15. The van der Waals surface area contributed by atoms with Crippen molar-refractivity contribution in [3.63, 3.8) is 0 Å². The molecule has 1 N–H and O–H groups in total. The van der Waals surface area contributed by atoms with Crippen LogP contribution in [0.3, 0.4) is 0 Å². The Labute approximate surface area is 206 Å².